The normalized spacial score (nSPS) is 23.1. The predicted octanol–water partition coefficient (Wildman–Crippen LogP) is 2.84. The van der Waals surface area contributed by atoms with E-state index in [0.717, 1.165) is 44.8 Å². The second kappa shape index (κ2) is 5.93. The fourth-order valence-electron chi connectivity index (χ4n) is 3.03. The van der Waals surface area contributed by atoms with Gasteiger partial charge in [-0.2, -0.15) is 0 Å². The zero-order valence-electron chi connectivity index (χ0n) is 11.7. The molecule has 3 rings (SSSR count). The Balaban J connectivity index is 1.81. The van der Waals surface area contributed by atoms with Gasteiger partial charge in [-0.25, -0.2) is 0 Å². The summed E-state index contributed by atoms with van der Waals surface area (Å²) in [7, 11) is 0. The molecule has 1 aromatic carbocycles. The van der Waals surface area contributed by atoms with E-state index in [1.807, 2.05) is 0 Å². The van der Waals surface area contributed by atoms with Gasteiger partial charge in [-0.15, -0.1) is 0 Å². The van der Waals surface area contributed by atoms with Crippen LogP contribution in [0.1, 0.15) is 43.4 Å². The van der Waals surface area contributed by atoms with Crippen LogP contribution in [0.2, 0.25) is 0 Å². The molecular weight excluding hydrogens is 238 g/mol. The molecule has 0 aromatic heterocycles. The largest absolute Gasteiger partial charge is 0.493 e. The minimum Gasteiger partial charge on any atom is -0.493 e. The van der Waals surface area contributed by atoms with Crippen LogP contribution in [0.15, 0.2) is 18.2 Å². The summed E-state index contributed by atoms with van der Waals surface area (Å²) in [5, 5.41) is 3.65. The third kappa shape index (κ3) is 2.77. The Kier molecular flexibility index (Phi) is 4.04. The summed E-state index contributed by atoms with van der Waals surface area (Å²) in [6, 6.07) is 6.94. The Labute approximate surface area is 115 Å². The van der Waals surface area contributed by atoms with Crippen LogP contribution in [0, 0.1) is 0 Å². The summed E-state index contributed by atoms with van der Waals surface area (Å²) in [6.07, 6.45) is 4.86. The van der Waals surface area contributed by atoms with E-state index in [1.165, 1.54) is 17.5 Å². The monoisotopic (exact) mass is 261 g/mol. The van der Waals surface area contributed by atoms with Gasteiger partial charge in [0.25, 0.3) is 0 Å². The van der Waals surface area contributed by atoms with E-state index in [9.17, 15) is 0 Å². The lowest BCUT2D eigenvalue weighted by atomic mass is 9.96. The zero-order chi connectivity index (χ0) is 13.1. The first-order valence-corrected chi connectivity index (χ1v) is 7.49. The molecule has 0 spiro atoms. The molecule has 0 radical (unpaired) electrons. The summed E-state index contributed by atoms with van der Waals surface area (Å²) in [5.41, 5.74) is 2.70. The molecule has 2 heterocycles. The molecule has 1 saturated heterocycles. The van der Waals surface area contributed by atoms with Crippen molar-refractivity contribution in [2.45, 2.75) is 44.8 Å². The van der Waals surface area contributed by atoms with Gasteiger partial charge in [-0.1, -0.05) is 19.1 Å². The summed E-state index contributed by atoms with van der Waals surface area (Å²) in [5.74, 6) is 1.06. The first-order chi connectivity index (χ1) is 9.38. The first kappa shape index (κ1) is 12.9. The minimum absolute atomic E-state index is 0.326. The van der Waals surface area contributed by atoms with Gasteiger partial charge in [0.2, 0.25) is 0 Å². The van der Waals surface area contributed by atoms with Crippen LogP contribution in [0.4, 0.5) is 0 Å². The number of benzene rings is 1. The van der Waals surface area contributed by atoms with E-state index in [1.54, 1.807) is 0 Å². The van der Waals surface area contributed by atoms with E-state index < -0.39 is 0 Å². The molecule has 1 aromatic rings. The van der Waals surface area contributed by atoms with Crippen molar-refractivity contribution in [2.24, 2.45) is 0 Å². The summed E-state index contributed by atoms with van der Waals surface area (Å²) < 4.78 is 11.5. The highest BCUT2D eigenvalue weighted by Crippen LogP contribution is 2.32. The van der Waals surface area contributed by atoms with Crippen LogP contribution in [0.5, 0.6) is 5.75 Å². The van der Waals surface area contributed by atoms with Crippen molar-refractivity contribution in [3.8, 4) is 5.75 Å². The lowest BCUT2D eigenvalue weighted by Crippen LogP contribution is -2.32. The van der Waals surface area contributed by atoms with Crippen molar-refractivity contribution >= 4 is 0 Å². The molecule has 3 nitrogen and oxygen atoms in total. The number of hydrogen-bond donors (Lipinski definition) is 1. The van der Waals surface area contributed by atoms with Crippen LogP contribution >= 0.6 is 0 Å². The molecule has 2 atom stereocenters. The Morgan fingerprint density at radius 3 is 3.11 bits per heavy atom. The van der Waals surface area contributed by atoms with Gasteiger partial charge in [-0.05, 0) is 43.0 Å². The van der Waals surface area contributed by atoms with E-state index in [-0.39, 0.29) is 0 Å². The topological polar surface area (TPSA) is 30.5 Å². The molecule has 19 heavy (non-hydrogen) atoms. The molecule has 1 fully saturated rings. The van der Waals surface area contributed by atoms with Crippen LogP contribution in [0.25, 0.3) is 0 Å². The van der Waals surface area contributed by atoms with E-state index in [2.05, 4.69) is 30.4 Å². The fourth-order valence-corrected chi connectivity index (χ4v) is 3.03. The van der Waals surface area contributed by atoms with Gasteiger partial charge >= 0.3 is 0 Å². The van der Waals surface area contributed by atoms with Gasteiger partial charge in [0.15, 0.2) is 0 Å². The highest BCUT2D eigenvalue weighted by molar-refractivity contribution is 5.41. The lowest BCUT2D eigenvalue weighted by molar-refractivity contribution is 0.0783. The van der Waals surface area contributed by atoms with Gasteiger partial charge in [0.05, 0.1) is 18.8 Å². The van der Waals surface area contributed by atoms with Crippen LogP contribution in [-0.2, 0) is 11.2 Å². The molecule has 2 aliphatic rings. The average Bonchev–Trinajstić information content (AvgIpc) is 3.09. The second-order valence-electron chi connectivity index (χ2n) is 5.45. The standard InChI is InChI=1S/C16H23NO2/c1-2-8-17-16(15-4-3-9-18-15)13-5-6-14-12(11-13)7-10-19-14/h5-6,11,15-17H,2-4,7-10H2,1H3. The Bertz CT molecular complexity index is 427. The maximum Gasteiger partial charge on any atom is 0.122 e. The molecule has 0 amide bonds. The highest BCUT2D eigenvalue weighted by Gasteiger charge is 2.27. The van der Waals surface area contributed by atoms with Gasteiger partial charge in [0.1, 0.15) is 5.75 Å². The van der Waals surface area contributed by atoms with Crippen molar-refractivity contribution in [3.63, 3.8) is 0 Å². The number of hydrogen-bond acceptors (Lipinski definition) is 3. The minimum atomic E-state index is 0.326. The van der Waals surface area contributed by atoms with Crippen molar-refractivity contribution in [1.29, 1.82) is 0 Å². The Morgan fingerprint density at radius 2 is 2.32 bits per heavy atom. The van der Waals surface area contributed by atoms with Crippen molar-refractivity contribution in [1.82, 2.24) is 5.32 Å². The van der Waals surface area contributed by atoms with Crippen LogP contribution in [-0.4, -0.2) is 25.9 Å². The lowest BCUT2D eigenvalue weighted by Gasteiger charge is -2.25. The fraction of sp³-hybridized carbons (Fsp3) is 0.625. The molecule has 0 saturated carbocycles. The highest BCUT2D eigenvalue weighted by atomic mass is 16.5. The van der Waals surface area contributed by atoms with Crippen LogP contribution < -0.4 is 10.1 Å². The van der Waals surface area contributed by atoms with Crippen molar-refractivity contribution < 1.29 is 9.47 Å². The summed E-state index contributed by atoms with van der Waals surface area (Å²) in [6.45, 7) is 4.98. The van der Waals surface area contributed by atoms with Crippen LogP contribution in [0.3, 0.4) is 0 Å². The molecule has 104 valence electrons. The van der Waals surface area contributed by atoms with E-state index in [4.69, 9.17) is 9.47 Å². The smallest absolute Gasteiger partial charge is 0.122 e. The third-order valence-electron chi connectivity index (χ3n) is 4.02. The summed E-state index contributed by atoms with van der Waals surface area (Å²) >= 11 is 0. The zero-order valence-corrected chi connectivity index (χ0v) is 11.7. The van der Waals surface area contributed by atoms with Gasteiger partial charge < -0.3 is 14.8 Å². The van der Waals surface area contributed by atoms with Crippen molar-refractivity contribution in [3.05, 3.63) is 29.3 Å². The summed E-state index contributed by atoms with van der Waals surface area (Å²) in [4.78, 5) is 0. The van der Waals surface area contributed by atoms with Gasteiger partial charge in [-0.3, -0.25) is 0 Å². The molecule has 0 aliphatic carbocycles. The van der Waals surface area contributed by atoms with Gasteiger partial charge in [0, 0.05) is 13.0 Å². The predicted molar refractivity (Wildman–Crippen MR) is 75.6 cm³/mol. The third-order valence-corrected chi connectivity index (χ3v) is 4.02. The number of nitrogens with one attached hydrogen (secondary N) is 1. The second-order valence-corrected chi connectivity index (χ2v) is 5.45. The molecule has 1 N–H and O–H groups in total. The SMILES string of the molecule is CCCNC(c1ccc2c(c1)CCO2)C1CCCO1. The average molecular weight is 261 g/mol. The number of rotatable bonds is 5. The maximum absolute atomic E-state index is 5.89. The Hall–Kier alpha value is -1.06. The maximum atomic E-state index is 5.89. The number of ether oxygens (including phenoxy) is 2. The first-order valence-electron chi connectivity index (χ1n) is 7.49. The Morgan fingerprint density at radius 1 is 1.37 bits per heavy atom. The van der Waals surface area contributed by atoms with Crippen molar-refractivity contribution in [2.75, 3.05) is 19.8 Å². The van der Waals surface area contributed by atoms with E-state index in [0.29, 0.717) is 12.1 Å². The number of fused-ring (bicyclic) bond motifs is 1. The molecule has 2 aliphatic heterocycles. The molecule has 0 bridgehead atoms. The quantitative estimate of drug-likeness (QED) is 0.884. The van der Waals surface area contributed by atoms with E-state index >= 15 is 0 Å². The molecule has 3 heteroatoms. The molecular formula is C16H23NO2. The molecule has 2 unspecified atom stereocenters.